The van der Waals surface area contributed by atoms with Gasteiger partial charge in [-0.3, -0.25) is 4.79 Å². The number of ketones is 1. The summed E-state index contributed by atoms with van der Waals surface area (Å²) in [4.78, 5) is 13.0. The molecule has 1 fully saturated rings. The summed E-state index contributed by atoms with van der Waals surface area (Å²) in [5.41, 5.74) is 2.58. The van der Waals surface area contributed by atoms with Crippen molar-refractivity contribution in [2.24, 2.45) is 23.2 Å². The zero-order chi connectivity index (χ0) is 17.2. The fraction of sp³-hybridized carbons (Fsp3) is 0.667. The van der Waals surface area contributed by atoms with E-state index in [-0.39, 0.29) is 5.92 Å². The topological polar surface area (TPSA) is 26.3 Å². The molecular weight excluding hydrogens is 284 g/mol. The van der Waals surface area contributed by atoms with E-state index in [2.05, 4.69) is 34.6 Å². The normalized spacial score (nSPS) is 23.8. The fourth-order valence-corrected chi connectivity index (χ4v) is 4.07. The maximum atomic E-state index is 13.0. The van der Waals surface area contributed by atoms with Crippen molar-refractivity contribution in [2.45, 2.75) is 60.3 Å². The first-order valence-corrected chi connectivity index (χ1v) is 8.90. The maximum absolute atomic E-state index is 13.0. The molecule has 1 aliphatic carbocycles. The molecule has 2 atom stereocenters. The van der Waals surface area contributed by atoms with Crippen LogP contribution >= 0.6 is 0 Å². The molecule has 0 saturated heterocycles. The number of hydrogen-bond acceptors (Lipinski definition) is 2. The van der Waals surface area contributed by atoms with E-state index in [9.17, 15) is 4.79 Å². The summed E-state index contributed by atoms with van der Waals surface area (Å²) in [5.74, 6) is 2.61. The second-order valence-corrected chi connectivity index (χ2v) is 8.36. The lowest BCUT2D eigenvalue weighted by molar-refractivity contribution is -0.127. The molecule has 0 aromatic heterocycles. The summed E-state index contributed by atoms with van der Waals surface area (Å²) < 4.78 is 5.26. The quantitative estimate of drug-likeness (QED) is 0.745. The molecule has 0 heterocycles. The third-order valence-corrected chi connectivity index (χ3v) is 5.63. The van der Waals surface area contributed by atoms with Crippen LogP contribution in [0.25, 0.3) is 0 Å². The maximum Gasteiger partial charge on any atom is 0.140 e. The molecule has 2 unspecified atom stereocenters. The Balaban J connectivity index is 2.16. The van der Waals surface area contributed by atoms with Crippen LogP contribution < -0.4 is 4.74 Å². The number of hydrogen-bond donors (Lipinski definition) is 0. The van der Waals surface area contributed by atoms with Gasteiger partial charge in [-0.05, 0) is 66.7 Å². The van der Waals surface area contributed by atoms with Crippen LogP contribution in [0.1, 0.15) is 58.1 Å². The van der Waals surface area contributed by atoms with Gasteiger partial charge in [0.15, 0.2) is 0 Å². The van der Waals surface area contributed by atoms with Crippen LogP contribution in [0, 0.1) is 30.1 Å². The monoisotopic (exact) mass is 316 g/mol. The summed E-state index contributed by atoms with van der Waals surface area (Å²) in [6.45, 7) is 11.2. The van der Waals surface area contributed by atoms with Crippen molar-refractivity contribution in [3.63, 3.8) is 0 Å². The van der Waals surface area contributed by atoms with Crippen LogP contribution in [0.2, 0.25) is 0 Å². The van der Waals surface area contributed by atoms with E-state index in [1.807, 2.05) is 18.2 Å². The molecule has 1 aromatic rings. The molecule has 0 N–H and O–H groups in total. The van der Waals surface area contributed by atoms with Crippen molar-refractivity contribution in [1.82, 2.24) is 0 Å². The Hall–Kier alpha value is -1.31. The lowest BCUT2D eigenvalue weighted by Crippen LogP contribution is -2.37. The van der Waals surface area contributed by atoms with Crippen molar-refractivity contribution in [3.8, 4) is 5.75 Å². The molecule has 2 nitrogen and oxygen atoms in total. The highest BCUT2D eigenvalue weighted by molar-refractivity contribution is 5.84. The molecule has 23 heavy (non-hydrogen) atoms. The standard InChI is InChI=1S/C21H32O2/c1-14(2)18-9-10-21(4,5)13-19(18)20(22)12-16-7-8-17(23-6)11-15(16)3/h7-8,11,14,18-19H,9-10,12-13H2,1-6H3. The predicted molar refractivity (Wildman–Crippen MR) is 95.9 cm³/mol. The van der Waals surface area contributed by atoms with Gasteiger partial charge in [-0.2, -0.15) is 0 Å². The van der Waals surface area contributed by atoms with Gasteiger partial charge >= 0.3 is 0 Å². The Morgan fingerprint density at radius 3 is 2.61 bits per heavy atom. The molecule has 0 aliphatic heterocycles. The van der Waals surface area contributed by atoms with Gasteiger partial charge in [0, 0.05) is 12.3 Å². The number of Topliss-reactive ketones (excluding diaryl/α,β-unsaturated/α-hetero) is 1. The van der Waals surface area contributed by atoms with Gasteiger partial charge in [0.2, 0.25) is 0 Å². The molecule has 2 rings (SSSR count). The highest BCUT2D eigenvalue weighted by Gasteiger charge is 2.39. The van der Waals surface area contributed by atoms with Gasteiger partial charge in [-0.1, -0.05) is 33.8 Å². The highest BCUT2D eigenvalue weighted by atomic mass is 16.5. The molecular formula is C21H32O2. The van der Waals surface area contributed by atoms with Gasteiger partial charge < -0.3 is 4.74 Å². The van der Waals surface area contributed by atoms with E-state index in [0.717, 1.165) is 23.3 Å². The van der Waals surface area contributed by atoms with Crippen LogP contribution in [0.3, 0.4) is 0 Å². The third-order valence-electron chi connectivity index (χ3n) is 5.63. The number of carbonyl (C=O) groups is 1. The van der Waals surface area contributed by atoms with Gasteiger partial charge in [-0.15, -0.1) is 0 Å². The smallest absolute Gasteiger partial charge is 0.140 e. The molecule has 0 radical (unpaired) electrons. The summed E-state index contributed by atoms with van der Waals surface area (Å²) in [6.07, 6.45) is 4.01. The first-order chi connectivity index (χ1) is 10.7. The third kappa shape index (κ3) is 4.37. The minimum atomic E-state index is 0.209. The van der Waals surface area contributed by atoms with E-state index in [1.54, 1.807) is 7.11 Å². The van der Waals surface area contributed by atoms with E-state index in [4.69, 9.17) is 4.74 Å². The van der Waals surface area contributed by atoms with Gasteiger partial charge in [0.1, 0.15) is 11.5 Å². The van der Waals surface area contributed by atoms with Crippen LogP contribution in [0.4, 0.5) is 0 Å². The minimum absolute atomic E-state index is 0.209. The SMILES string of the molecule is COc1ccc(CC(=O)C2CC(C)(C)CCC2C(C)C)c(C)c1. The first kappa shape index (κ1) is 18.0. The van der Waals surface area contributed by atoms with Crippen LogP contribution in [-0.2, 0) is 11.2 Å². The number of rotatable bonds is 5. The first-order valence-electron chi connectivity index (χ1n) is 8.90. The van der Waals surface area contributed by atoms with Crippen LogP contribution in [-0.4, -0.2) is 12.9 Å². The zero-order valence-electron chi connectivity index (χ0n) is 15.6. The second-order valence-electron chi connectivity index (χ2n) is 8.36. The van der Waals surface area contributed by atoms with Crippen molar-refractivity contribution in [1.29, 1.82) is 0 Å². The van der Waals surface area contributed by atoms with E-state index in [1.165, 1.54) is 12.8 Å². The number of benzene rings is 1. The lowest BCUT2D eigenvalue weighted by atomic mass is 9.62. The number of ether oxygens (including phenoxy) is 1. The van der Waals surface area contributed by atoms with E-state index >= 15 is 0 Å². The molecule has 1 aromatic carbocycles. The minimum Gasteiger partial charge on any atom is -0.497 e. The Labute approximate surface area is 141 Å². The largest absolute Gasteiger partial charge is 0.497 e. The molecule has 1 aliphatic rings. The van der Waals surface area contributed by atoms with Crippen molar-refractivity contribution < 1.29 is 9.53 Å². The average molecular weight is 316 g/mol. The summed E-state index contributed by atoms with van der Waals surface area (Å²) >= 11 is 0. The Kier molecular flexibility index (Phi) is 5.54. The van der Waals surface area contributed by atoms with Crippen molar-refractivity contribution >= 4 is 5.78 Å². The van der Waals surface area contributed by atoms with Gasteiger partial charge in [0.05, 0.1) is 7.11 Å². The number of carbonyl (C=O) groups excluding carboxylic acids is 1. The Bertz CT molecular complexity index is 557. The molecule has 0 spiro atoms. The molecule has 1 saturated carbocycles. The Morgan fingerprint density at radius 2 is 2.04 bits per heavy atom. The van der Waals surface area contributed by atoms with E-state index < -0.39 is 0 Å². The Morgan fingerprint density at radius 1 is 1.35 bits per heavy atom. The fourth-order valence-electron chi connectivity index (χ4n) is 4.07. The average Bonchev–Trinajstić information content (AvgIpc) is 2.47. The van der Waals surface area contributed by atoms with Crippen LogP contribution in [0.5, 0.6) is 5.75 Å². The number of aryl methyl sites for hydroxylation is 1. The van der Waals surface area contributed by atoms with Crippen molar-refractivity contribution in [3.05, 3.63) is 29.3 Å². The van der Waals surface area contributed by atoms with Gasteiger partial charge in [-0.25, -0.2) is 0 Å². The summed E-state index contributed by atoms with van der Waals surface area (Å²) in [6, 6.07) is 6.03. The van der Waals surface area contributed by atoms with Gasteiger partial charge in [0.25, 0.3) is 0 Å². The molecule has 2 heteroatoms. The molecule has 0 amide bonds. The second kappa shape index (κ2) is 7.07. The molecule has 0 bridgehead atoms. The number of methoxy groups -OCH3 is 1. The molecule has 128 valence electrons. The summed E-state index contributed by atoms with van der Waals surface area (Å²) in [5, 5.41) is 0. The summed E-state index contributed by atoms with van der Waals surface area (Å²) in [7, 11) is 1.68. The highest BCUT2D eigenvalue weighted by Crippen LogP contribution is 2.45. The predicted octanol–water partition coefficient (Wildman–Crippen LogP) is 5.21. The van der Waals surface area contributed by atoms with Crippen LogP contribution in [0.15, 0.2) is 18.2 Å². The zero-order valence-corrected chi connectivity index (χ0v) is 15.6. The van der Waals surface area contributed by atoms with E-state index in [0.29, 0.717) is 29.5 Å². The lowest BCUT2D eigenvalue weighted by Gasteiger charge is -2.42. The van der Waals surface area contributed by atoms with Crippen molar-refractivity contribution in [2.75, 3.05) is 7.11 Å².